The molecule has 0 fully saturated rings. The standard InChI is InChI=1S/C22H23ClN4O4/c1-15(2)27(14-20-25-26-22(31-20)17-7-3-4-8-18(17)23)21(29)11-12-24-19(28)10-9-16-6-5-13-30-16/h3-10,13,15H,11-12,14H2,1-2H3,(H,24,28)/b10-9+. The zero-order valence-corrected chi connectivity index (χ0v) is 18.0. The number of rotatable bonds is 9. The Morgan fingerprint density at radius 1 is 1.19 bits per heavy atom. The fraction of sp³-hybridized carbons (Fsp3) is 0.273. The third-order valence-corrected chi connectivity index (χ3v) is 4.73. The molecule has 0 spiro atoms. The number of furan rings is 1. The lowest BCUT2D eigenvalue weighted by molar-refractivity contribution is -0.133. The molecule has 31 heavy (non-hydrogen) atoms. The van der Waals surface area contributed by atoms with Gasteiger partial charge in [0.1, 0.15) is 5.76 Å². The van der Waals surface area contributed by atoms with Gasteiger partial charge in [0.25, 0.3) is 0 Å². The van der Waals surface area contributed by atoms with Crippen LogP contribution in [0.25, 0.3) is 17.5 Å². The lowest BCUT2D eigenvalue weighted by Crippen LogP contribution is -2.38. The smallest absolute Gasteiger partial charge is 0.249 e. The summed E-state index contributed by atoms with van der Waals surface area (Å²) in [4.78, 5) is 26.2. The van der Waals surface area contributed by atoms with E-state index in [0.717, 1.165) is 0 Å². The maximum Gasteiger partial charge on any atom is 0.249 e. The first-order valence-electron chi connectivity index (χ1n) is 9.80. The Morgan fingerprint density at radius 2 is 2.00 bits per heavy atom. The fourth-order valence-electron chi connectivity index (χ4n) is 2.80. The Hall–Kier alpha value is -3.39. The molecular formula is C22H23ClN4O4. The van der Waals surface area contributed by atoms with Crippen molar-refractivity contribution in [2.75, 3.05) is 6.54 Å². The highest BCUT2D eigenvalue weighted by Gasteiger charge is 2.21. The highest BCUT2D eigenvalue weighted by molar-refractivity contribution is 6.33. The monoisotopic (exact) mass is 442 g/mol. The van der Waals surface area contributed by atoms with E-state index >= 15 is 0 Å². The number of hydrogen-bond donors (Lipinski definition) is 1. The highest BCUT2D eigenvalue weighted by Crippen LogP contribution is 2.26. The van der Waals surface area contributed by atoms with E-state index in [2.05, 4.69) is 15.5 Å². The SMILES string of the molecule is CC(C)N(Cc1nnc(-c2ccccc2Cl)o1)C(=O)CCNC(=O)/C=C/c1ccco1. The van der Waals surface area contributed by atoms with Crippen molar-refractivity contribution in [3.8, 4) is 11.5 Å². The van der Waals surface area contributed by atoms with Crippen LogP contribution in [0, 0.1) is 0 Å². The van der Waals surface area contributed by atoms with Crippen LogP contribution >= 0.6 is 11.6 Å². The summed E-state index contributed by atoms with van der Waals surface area (Å²) >= 11 is 6.17. The molecule has 8 nitrogen and oxygen atoms in total. The molecule has 9 heteroatoms. The number of carbonyl (C=O) groups is 2. The van der Waals surface area contributed by atoms with Gasteiger partial charge in [-0.25, -0.2) is 0 Å². The third kappa shape index (κ3) is 6.29. The molecule has 0 atom stereocenters. The Bertz CT molecular complexity index is 1040. The molecular weight excluding hydrogens is 420 g/mol. The van der Waals surface area contributed by atoms with E-state index in [1.54, 1.807) is 35.2 Å². The van der Waals surface area contributed by atoms with Crippen molar-refractivity contribution >= 4 is 29.5 Å². The van der Waals surface area contributed by atoms with Gasteiger partial charge >= 0.3 is 0 Å². The minimum atomic E-state index is -0.304. The molecule has 0 unspecified atom stereocenters. The van der Waals surface area contributed by atoms with Crippen LogP contribution in [-0.4, -0.2) is 39.5 Å². The number of amides is 2. The molecule has 2 amide bonds. The van der Waals surface area contributed by atoms with E-state index in [1.807, 2.05) is 26.0 Å². The van der Waals surface area contributed by atoms with Crippen molar-refractivity contribution in [2.24, 2.45) is 0 Å². The van der Waals surface area contributed by atoms with Crippen molar-refractivity contribution < 1.29 is 18.4 Å². The predicted molar refractivity (Wildman–Crippen MR) is 116 cm³/mol. The normalized spacial score (nSPS) is 11.2. The van der Waals surface area contributed by atoms with Crippen LogP contribution in [0.4, 0.5) is 0 Å². The molecule has 2 heterocycles. The van der Waals surface area contributed by atoms with Gasteiger partial charge in [0.2, 0.25) is 23.6 Å². The van der Waals surface area contributed by atoms with Crippen LogP contribution in [0.1, 0.15) is 31.9 Å². The van der Waals surface area contributed by atoms with E-state index in [1.165, 1.54) is 12.3 Å². The van der Waals surface area contributed by atoms with Crippen molar-refractivity contribution in [1.82, 2.24) is 20.4 Å². The first-order chi connectivity index (χ1) is 14.9. The topological polar surface area (TPSA) is 101 Å². The number of benzene rings is 1. The van der Waals surface area contributed by atoms with Crippen molar-refractivity contribution in [2.45, 2.75) is 32.9 Å². The largest absolute Gasteiger partial charge is 0.465 e. The summed E-state index contributed by atoms with van der Waals surface area (Å²) < 4.78 is 10.8. The molecule has 0 aliphatic heterocycles. The number of nitrogens with one attached hydrogen (secondary N) is 1. The predicted octanol–water partition coefficient (Wildman–Crippen LogP) is 3.94. The molecule has 0 saturated heterocycles. The Morgan fingerprint density at radius 3 is 2.71 bits per heavy atom. The van der Waals surface area contributed by atoms with Gasteiger partial charge in [0.05, 0.1) is 23.4 Å². The maximum absolute atomic E-state index is 12.7. The molecule has 3 rings (SSSR count). The van der Waals surface area contributed by atoms with E-state index in [0.29, 0.717) is 28.1 Å². The molecule has 0 saturated carbocycles. The maximum atomic E-state index is 12.7. The highest BCUT2D eigenvalue weighted by atomic mass is 35.5. The van der Waals surface area contributed by atoms with Gasteiger partial charge in [-0.1, -0.05) is 23.7 Å². The molecule has 0 bridgehead atoms. The molecule has 0 radical (unpaired) electrons. The minimum absolute atomic E-state index is 0.0855. The van der Waals surface area contributed by atoms with Gasteiger partial charge in [0, 0.05) is 25.1 Å². The number of carbonyl (C=O) groups excluding carboxylic acids is 2. The molecule has 0 aliphatic rings. The van der Waals surface area contributed by atoms with Crippen molar-refractivity contribution in [3.63, 3.8) is 0 Å². The Balaban J connectivity index is 1.54. The van der Waals surface area contributed by atoms with Crippen molar-refractivity contribution in [1.29, 1.82) is 0 Å². The van der Waals surface area contributed by atoms with Gasteiger partial charge < -0.3 is 19.1 Å². The summed E-state index contributed by atoms with van der Waals surface area (Å²) in [5, 5.41) is 11.3. The van der Waals surface area contributed by atoms with E-state index < -0.39 is 0 Å². The van der Waals surface area contributed by atoms with E-state index in [-0.39, 0.29) is 37.4 Å². The second-order valence-corrected chi connectivity index (χ2v) is 7.39. The first kappa shape index (κ1) is 22.3. The van der Waals surface area contributed by atoms with Crippen LogP contribution in [-0.2, 0) is 16.1 Å². The van der Waals surface area contributed by atoms with Crippen LogP contribution in [0.15, 0.2) is 57.6 Å². The number of halogens is 1. The van der Waals surface area contributed by atoms with Crippen molar-refractivity contribution in [3.05, 3.63) is 65.4 Å². The van der Waals surface area contributed by atoms with E-state index in [4.69, 9.17) is 20.4 Å². The summed E-state index contributed by atoms with van der Waals surface area (Å²) in [5.41, 5.74) is 0.635. The first-order valence-corrected chi connectivity index (χ1v) is 10.2. The molecule has 162 valence electrons. The lowest BCUT2D eigenvalue weighted by Gasteiger charge is -2.25. The second kappa shape index (κ2) is 10.6. The average Bonchev–Trinajstić information content (AvgIpc) is 3.42. The average molecular weight is 443 g/mol. The Kier molecular flexibility index (Phi) is 7.61. The molecule has 1 N–H and O–H groups in total. The van der Waals surface area contributed by atoms with Gasteiger partial charge in [-0.2, -0.15) is 0 Å². The molecule has 0 aliphatic carbocycles. The fourth-order valence-corrected chi connectivity index (χ4v) is 3.02. The molecule has 2 aromatic heterocycles. The Labute approximate surface area is 184 Å². The van der Waals surface area contributed by atoms with Gasteiger partial charge in [-0.3, -0.25) is 9.59 Å². The van der Waals surface area contributed by atoms with Gasteiger partial charge in [-0.05, 0) is 44.2 Å². The summed E-state index contributed by atoms with van der Waals surface area (Å²) in [7, 11) is 0. The second-order valence-electron chi connectivity index (χ2n) is 6.99. The lowest BCUT2D eigenvalue weighted by atomic mass is 10.2. The molecule has 3 aromatic rings. The summed E-state index contributed by atoms with van der Waals surface area (Å²) in [6.45, 7) is 4.17. The van der Waals surface area contributed by atoms with Crippen LogP contribution in [0.3, 0.4) is 0 Å². The summed E-state index contributed by atoms with van der Waals surface area (Å²) in [5.74, 6) is 0.743. The molecule has 1 aromatic carbocycles. The van der Waals surface area contributed by atoms with Crippen LogP contribution in [0.5, 0.6) is 0 Å². The van der Waals surface area contributed by atoms with Crippen LogP contribution < -0.4 is 5.32 Å². The van der Waals surface area contributed by atoms with Crippen LogP contribution in [0.2, 0.25) is 5.02 Å². The van der Waals surface area contributed by atoms with Gasteiger partial charge in [-0.15, -0.1) is 10.2 Å². The quantitative estimate of drug-likeness (QED) is 0.503. The zero-order chi connectivity index (χ0) is 22.2. The zero-order valence-electron chi connectivity index (χ0n) is 17.2. The van der Waals surface area contributed by atoms with E-state index in [9.17, 15) is 9.59 Å². The number of hydrogen-bond acceptors (Lipinski definition) is 6. The number of aromatic nitrogens is 2. The summed E-state index contributed by atoms with van der Waals surface area (Å²) in [6.07, 6.45) is 4.59. The third-order valence-electron chi connectivity index (χ3n) is 4.40. The van der Waals surface area contributed by atoms with Gasteiger partial charge in [0.15, 0.2) is 0 Å². The summed E-state index contributed by atoms with van der Waals surface area (Å²) in [6, 6.07) is 10.6. The minimum Gasteiger partial charge on any atom is -0.465 e. The number of nitrogens with zero attached hydrogens (tertiary/aromatic N) is 3.